The van der Waals surface area contributed by atoms with Crippen LogP contribution in [0.2, 0.25) is 0 Å². The molecule has 1 unspecified atom stereocenters. The zero-order valence-electron chi connectivity index (χ0n) is 24.2. The summed E-state index contributed by atoms with van der Waals surface area (Å²) in [5.41, 5.74) is 11.5. The van der Waals surface area contributed by atoms with Gasteiger partial charge in [-0.25, -0.2) is 0 Å². The Labute approximate surface area is 224 Å². The molecule has 0 spiro atoms. The molecule has 0 heterocycles. The van der Waals surface area contributed by atoms with Crippen LogP contribution in [-0.2, 0) is 12.8 Å². The van der Waals surface area contributed by atoms with E-state index in [0.717, 1.165) is 12.8 Å². The molecule has 0 amide bonds. The third kappa shape index (κ3) is 11.8. The van der Waals surface area contributed by atoms with Gasteiger partial charge in [0.15, 0.2) is 0 Å². The van der Waals surface area contributed by atoms with Gasteiger partial charge >= 0.3 is 0 Å². The minimum Gasteiger partial charge on any atom is -0.412 e. The second-order valence-corrected chi connectivity index (χ2v) is 11.0. The van der Waals surface area contributed by atoms with Gasteiger partial charge in [0.2, 0.25) is 0 Å². The van der Waals surface area contributed by atoms with Gasteiger partial charge in [-0.05, 0) is 46.7 Å². The third-order valence-electron chi connectivity index (χ3n) is 7.80. The van der Waals surface area contributed by atoms with E-state index in [1.165, 1.54) is 137 Å². The summed E-state index contributed by atoms with van der Waals surface area (Å²) in [6.07, 6.45) is 27.0. The molecule has 36 heavy (non-hydrogen) atoms. The van der Waals surface area contributed by atoms with E-state index in [0.29, 0.717) is 0 Å². The molecule has 0 fully saturated rings. The van der Waals surface area contributed by atoms with E-state index in [2.05, 4.69) is 51.1 Å². The Hall–Kier alpha value is -1.38. The second kappa shape index (κ2) is 20.7. The molecule has 0 saturated carbocycles. The van der Waals surface area contributed by atoms with Gasteiger partial charge in [-0.3, -0.25) is 0 Å². The third-order valence-corrected chi connectivity index (χ3v) is 7.80. The summed E-state index contributed by atoms with van der Waals surface area (Å²) >= 11 is 0. The van der Waals surface area contributed by atoms with E-state index >= 15 is 0 Å². The molecule has 2 heteroatoms. The van der Waals surface area contributed by atoms with Crippen LogP contribution in [0, 0.1) is 0 Å². The molecule has 4 N–H and O–H groups in total. The SMILES string of the molecule is CCCCCCCCCCCCCCCCCC(N)c1c(CCC)c(CCC)cc2ccccc12.O. The lowest BCUT2D eigenvalue weighted by atomic mass is 9.85. The molecule has 2 aromatic rings. The monoisotopic (exact) mass is 497 g/mol. The van der Waals surface area contributed by atoms with Crippen molar-refractivity contribution in [2.24, 2.45) is 5.73 Å². The predicted molar refractivity (Wildman–Crippen MR) is 162 cm³/mol. The molecule has 0 aromatic heterocycles. The maximum Gasteiger partial charge on any atom is 0.0303 e. The topological polar surface area (TPSA) is 57.5 Å². The van der Waals surface area contributed by atoms with Crippen molar-refractivity contribution in [3.63, 3.8) is 0 Å². The van der Waals surface area contributed by atoms with Gasteiger partial charge in [0.1, 0.15) is 0 Å². The molecule has 0 radical (unpaired) electrons. The standard InChI is InChI=1S/C34H57N.H2O/c1-4-7-8-9-10-11-12-13-14-15-16-17-18-19-20-27-33(35)34-31(24-6-3)29(23-5-2)28-30-25-21-22-26-32(30)34;/h21-22,25-26,28,33H,4-20,23-24,27,35H2,1-3H3;1H2. The van der Waals surface area contributed by atoms with E-state index in [4.69, 9.17) is 5.73 Å². The first-order chi connectivity index (χ1) is 17.2. The Kier molecular flexibility index (Phi) is 18.7. The molecule has 1 atom stereocenters. The molecule has 2 aromatic carbocycles. The minimum absolute atomic E-state index is 0. The zero-order valence-corrected chi connectivity index (χ0v) is 24.2. The van der Waals surface area contributed by atoms with Crippen LogP contribution in [0.3, 0.4) is 0 Å². The van der Waals surface area contributed by atoms with E-state index < -0.39 is 0 Å². The maximum atomic E-state index is 6.91. The van der Waals surface area contributed by atoms with Gasteiger partial charge in [-0.15, -0.1) is 0 Å². The molecule has 0 saturated heterocycles. The molecular formula is C34H59NO. The van der Waals surface area contributed by atoms with Gasteiger partial charge < -0.3 is 11.2 Å². The van der Waals surface area contributed by atoms with E-state index in [-0.39, 0.29) is 11.5 Å². The van der Waals surface area contributed by atoms with Crippen molar-refractivity contribution in [2.75, 3.05) is 0 Å². The number of fused-ring (bicyclic) bond motifs is 1. The molecule has 2 nitrogen and oxygen atoms in total. The maximum absolute atomic E-state index is 6.91. The largest absolute Gasteiger partial charge is 0.412 e. The zero-order chi connectivity index (χ0) is 25.1. The van der Waals surface area contributed by atoms with Crippen LogP contribution in [0.1, 0.15) is 159 Å². The van der Waals surface area contributed by atoms with Crippen LogP contribution in [0.4, 0.5) is 0 Å². The van der Waals surface area contributed by atoms with Gasteiger partial charge in [0.25, 0.3) is 0 Å². The highest BCUT2D eigenvalue weighted by atomic mass is 16.0. The number of nitrogens with two attached hydrogens (primary N) is 1. The van der Waals surface area contributed by atoms with Gasteiger partial charge in [0.05, 0.1) is 0 Å². The van der Waals surface area contributed by atoms with Gasteiger partial charge in [0, 0.05) is 6.04 Å². The molecule has 206 valence electrons. The first kappa shape index (κ1) is 32.6. The van der Waals surface area contributed by atoms with Crippen molar-refractivity contribution >= 4 is 10.8 Å². The van der Waals surface area contributed by atoms with Gasteiger partial charge in [-0.1, -0.05) is 160 Å². The molecule has 2 rings (SSSR count). The van der Waals surface area contributed by atoms with Crippen LogP contribution >= 0.6 is 0 Å². The van der Waals surface area contributed by atoms with Crippen LogP contribution in [0.5, 0.6) is 0 Å². The average molecular weight is 498 g/mol. The first-order valence-electron chi connectivity index (χ1n) is 15.5. The Morgan fingerprint density at radius 3 is 1.64 bits per heavy atom. The Bertz CT molecular complexity index is 799. The van der Waals surface area contributed by atoms with Crippen LogP contribution in [-0.4, -0.2) is 5.48 Å². The van der Waals surface area contributed by atoms with Crippen molar-refractivity contribution in [1.82, 2.24) is 0 Å². The Morgan fingerprint density at radius 1 is 0.611 bits per heavy atom. The summed E-state index contributed by atoms with van der Waals surface area (Å²) in [4.78, 5) is 0. The Morgan fingerprint density at radius 2 is 1.11 bits per heavy atom. The van der Waals surface area contributed by atoms with Crippen molar-refractivity contribution in [3.8, 4) is 0 Å². The minimum atomic E-state index is 0. The normalized spacial score (nSPS) is 12.1. The highest BCUT2D eigenvalue weighted by molar-refractivity contribution is 5.88. The van der Waals surface area contributed by atoms with E-state index in [9.17, 15) is 0 Å². The lowest BCUT2D eigenvalue weighted by Crippen LogP contribution is -2.15. The van der Waals surface area contributed by atoms with Crippen LogP contribution in [0.25, 0.3) is 10.8 Å². The number of rotatable bonds is 21. The second-order valence-electron chi connectivity index (χ2n) is 11.0. The first-order valence-corrected chi connectivity index (χ1v) is 15.5. The number of hydrogen-bond donors (Lipinski definition) is 1. The number of aryl methyl sites for hydroxylation is 1. The van der Waals surface area contributed by atoms with Gasteiger partial charge in [-0.2, -0.15) is 0 Å². The fourth-order valence-corrected chi connectivity index (χ4v) is 5.82. The average Bonchev–Trinajstić information content (AvgIpc) is 2.86. The molecule has 0 aliphatic carbocycles. The highest BCUT2D eigenvalue weighted by Gasteiger charge is 2.18. The van der Waals surface area contributed by atoms with Crippen LogP contribution < -0.4 is 5.73 Å². The van der Waals surface area contributed by atoms with E-state index in [1.54, 1.807) is 5.56 Å². The quantitative estimate of drug-likeness (QED) is 0.171. The summed E-state index contributed by atoms with van der Waals surface area (Å²) in [6.45, 7) is 6.89. The van der Waals surface area contributed by atoms with Crippen molar-refractivity contribution < 1.29 is 5.48 Å². The summed E-state index contributed by atoms with van der Waals surface area (Å²) in [6, 6.07) is 11.5. The lowest BCUT2D eigenvalue weighted by Gasteiger charge is -2.22. The number of hydrogen-bond acceptors (Lipinski definition) is 1. The molecule has 0 aliphatic heterocycles. The molecule has 0 bridgehead atoms. The summed E-state index contributed by atoms with van der Waals surface area (Å²) in [5.74, 6) is 0. The summed E-state index contributed by atoms with van der Waals surface area (Å²) in [7, 11) is 0. The lowest BCUT2D eigenvalue weighted by molar-refractivity contribution is 0.519. The van der Waals surface area contributed by atoms with E-state index in [1.807, 2.05) is 0 Å². The Balaban J connectivity index is 0.00000648. The number of unbranched alkanes of at least 4 members (excludes halogenated alkanes) is 14. The summed E-state index contributed by atoms with van der Waals surface area (Å²) in [5, 5.41) is 2.77. The molecule has 0 aliphatic rings. The van der Waals surface area contributed by atoms with Crippen molar-refractivity contribution in [2.45, 2.75) is 155 Å². The van der Waals surface area contributed by atoms with Crippen molar-refractivity contribution in [3.05, 3.63) is 47.0 Å². The fraction of sp³-hybridized carbons (Fsp3) is 0.706. The van der Waals surface area contributed by atoms with Crippen molar-refractivity contribution in [1.29, 1.82) is 0 Å². The number of benzene rings is 2. The molecular weight excluding hydrogens is 438 g/mol. The highest BCUT2D eigenvalue weighted by Crippen LogP contribution is 2.34. The predicted octanol–water partition coefficient (Wildman–Crippen LogP) is 10.2. The van der Waals surface area contributed by atoms with Crippen LogP contribution in [0.15, 0.2) is 30.3 Å². The smallest absolute Gasteiger partial charge is 0.0303 e. The fourth-order valence-electron chi connectivity index (χ4n) is 5.82. The summed E-state index contributed by atoms with van der Waals surface area (Å²) < 4.78 is 0.